The molecule has 0 radical (unpaired) electrons. The molecule has 0 saturated carbocycles. The summed E-state index contributed by atoms with van der Waals surface area (Å²) in [4.78, 5) is 10.0. The molecule has 7 heteroatoms. The molecule has 6 nitrogen and oxygen atoms in total. The molecule has 1 atom stereocenters. The Morgan fingerprint density at radius 1 is 1.35 bits per heavy atom. The number of rotatable bonds is 4. The molecule has 1 unspecified atom stereocenters. The lowest BCUT2D eigenvalue weighted by atomic mass is 10.2. The average molecular weight is 300 g/mol. The highest BCUT2D eigenvalue weighted by atomic mass is 32.2. The summed E-state index contributed by atoms with van der Waals surface area (Å²) in [6.45, 7) is 7.91. The monoisotopic (exact) mass is 300 g/mol. The van der Waals surface area contributed by atoms with Gasteiger partial charge in [-0.3, -0.25) is 4.55 Å². The van der Waals surface area contributed by atoms with Crippen LogP contribution in [-0.4, -0.2) is 30.3 Å². The number of benzene rings is 1. The Bertz CT molecular complexity index is 574. The molecule has 0 spiro atoms. The van der Waals surface area contributed by atoms with E-state index in [2.05, 4.69) is 17.9 Å². The predicted octanol–water partition coefficient (Wildman–Crippen LogP) is 1.63. The van der Waals surface area contributed by atoms with E-state index in [1.807, 2.05) is 0 Å². The summed E-state index contributed by atoms with van der Waals surface area (Å²) in [7, 11) is -4.12. The molecule has 1 aromatic carbocycles. The van der Waals surface area contributed by atoms with Crippen LogP contribution in [0.5, 0.6) is 0 Å². The van der Waals surface area contributed by atoms with E-state index in [0.29, 0.717) is 5.56 Å². The van der Waals surface area contributed by atoms with Gasteiger partial charge in [-0.1, -0.05) is 37.4 Å². The number of esters is 1. The topological polar surface area (TPSA) is 101 Å². The van der Waals surface area contributed by atoms with Crippen LogP contribution in [0.1, 0.15) is 12.5 Å². The third-order valence-corrected chi connectivity index (χ3v) is 2.80. The zero-order valence-corrected chi connectivity index (χ0v) is 11.7. The smallest absolute Gasteiger partial charge is 0.332 e. The van der Waals surface area contributed by atoms with Gasteiger partial charge < -0.3 is 9.84 Å². The van der Waals surface area contributed by atoms with Crippen molar-refractivity contribution in [2.75, 3.05) is 0 Å². The summed E-state index contributed by atoms with van der Waals surface area (Å²) in [5.41, 5.74) is 0.403. The lowest BCUT2D eigenvalue weighted by molar-refractivity contribution is -0.158. The Labute approximate surface area is 117 Å². The standard InChI is InChI=1S/C8H8O3S.C5H8O3/c1-2-7-5-3-4-6-8(7)12(9,10)11;1-3-5(7)8-4(2)6/h2-6H,1H2,(H,9,10,11);3-4,6H,1H2,2H3. The molecule has 0 aliphatic rings. The number of aliphatic hydroxyl groups is 1. The second kappa shape index (κ2) is 8.26. The van der Waals surface area contributed by atoms with Crippen molar-refractivity contribution in [2.45, 2.75) is 18.1 Å². The maximum absolute atomic E-state index is 10.7. The first kappa shape index (κ1) is 18.0. The highest BCUT2D eigenvalue weighted by Gasteiger charge is 2.11. The van der Waals surface area contributed by atoms with Gasteiger partial charge in [0.1, 0.15) is 4.90 Å². The van der Waals surface area contributed by atoms with Gasteiger partial charge in [0, 0.05) is 6.08 Å². The minimum Gasteiger partial charge on any atom is -0.433 e. The molecule has 20 heavy (non-hydrogen) atoms. The van der Waals surface area contributed by atoms with Crippen LogP contribution in [0.4, 0.5) is 0 Å². The number of carbonyl (C=O) groups excluding carboxylic acids is 1. The van der Waals surface area contributed by atoms with Crippen molar-refractivity contribution in [3.63, 3.8) is 0 Å². The molecule has 0 aliphatic carbocycles. The molecular weight excluding hydrogens is 284 g/mol. The van der Waals surface area contributed by atoms with Crippen molar-refractivity contribution in [2.24, 2.45) is 0 Å². The van der Waals surface area contributed by atoms with Gasteiger partial charge in [0.15, 0.2) is 6.29 Å². The lowest BCUT2D eigenvalue weighted by Crippen LogP contribution is -2.10. The fourth-order valence-electron chi connectivity index (χ4n) is 1.10. The van der Waals surface area contributed by atoms with Crippen LogP contribution in [-0.2, 0) is 19.6 Å². The summed E-state index contributed by atoms with van der Waals surface area (Å²) in [6.07, 6.45) is 1.33. The number of carbonyl (C=O) groups is 1. The molecule has 1 rings (SSSR count). The summed E-state index contributed by atoms with van der Waals surface area (Å²) in [5, 5.41) is 8.36. The molecule has 0 saturated heterocycles. The summed E-state index contributed by atoms with van der Waals surface area (Å²) < 4.78 is 34.4. The fraction of sp³-hybridized carbons (Fsp3) is 0.154. The molecular formula is C13H16O6S. The third-order valence-electron chi connectivity index (χ3n) is 1.87. The molecule has 0 fully saturated rings. The van der Waals surface area contributed by atoms with Gasteiger partial charge in [0.2, 0.25) is 0 Å². The second-order valence-corrected chi connectivity index (χ2v) is 4.85. The van der Waals surface area contributed by atoms with Gasteiger partial charge in [-0.05, 0) is 18.6 Å². The summed E-state index contributed by atoms with van der Waals surface area (Å²) in [6, 6.07) is 6.10. The largest absolute Gasteiger partial charge is 0.433 e. The minimum atomic E-state index is -4.12. The molecule has 2 N–H and O–H groups in total. The predicted molar refractivity (Wildman–Crippen MR) is 74.3 cm³/mol. The van der Waals surface area contributed by atoms with Gasteiger partial charge in [-0.25, -0.2) is 4.79 Å². The van der Waals surface area contributed by atoms with Gasteiger partial charge >= 0.3 is 5.97 Å². The number of ether oxygens (including phenoxy) is 1. The Balaban J connectivity index is 0.000000396. The Hall–Kier alpha value is -1.96. The zero-order chi connectivity index (χ0) is 15.8. The first-order valence-corrected chi connectivity index (χ1v) is 6.86. The van der Waals surface area contributed by atoms with Crippen molar-refractivity contribution in [3.8, 4) is 0 Å². The van der Waals surface area contributed by atoms with Crippen molar-refractivity contribution in [1.82, 2.24) is 0 Å². The van der Waals surface area contributed by atoms with Crippen LogP contribution in [0.25, 0.3) is 6.08 Å². The van der Waals surface area contributed by atoms with Crippen molar-refractivity contribution >= 4 is 22.2 Å². The first-order valence-electron chi connectivity index (χ1n) is 5.42. The Morgan fingerprint density at radius 2 is 1.90 bits per heavy atom. The summed E-state index contributed by atoms with van der Waals surface area (Å²) >= 11 is 0. The molecule has 0 heterocycles. The maximum atomic E-state index is 10.7. The van der Waals surface area contributed by atoms with Gasteiger partial charge in [-0.2, -0.15) is 8.42 Å². The SMILES string of the molecule is C=CC(=O)OC(C)O.C=Cc1ccccc1S(=O)(=O)O. The van der Waals surface area contributed by atoms with Crippen LogP contribution in [0, 0.1) is 0 Å². The van der Waals surface area contributed by atoms with E-state index in [4.69, 9.17) is 9.66 Å². The number of hydrogen-bond donors (Lipinski definition) is 2. The van der Waals surface area contributed by atoms with E-state index in [-0.39, 0.29) is 4.90 Å². The van der Waals surface area contributed by atoms with Crippen LogP contribution in [0.3, 0.4) is 0 Å². The summed E-state index contributed by atoms with van der Waals surface area (Å²) in [5.74, 6) is -0.611. The molecule has 110 valence electrons. The van der Waals surface area contributed by atoms with Crippen LogP contribution in [0.2, 0.25) is 0 Å². The highest BCUT2D eigenvalue weighted by Crippen LogP contribution is 2.15. The van der Waals surface area contributed by atoms with Gasteiger partial charge in [0.25, 0.3) is 10.1 Å². The third kappa shape index (κ3) is 6.83. The Morgan fingerprint density at radius 3 is 2.20 bits per heavy atom. The minimum absolute atomic E-state index is 0.111. The maximum Gasteiger partial charge on any atom is 0.332 e. The van der Waals surface area contributed by atoms with E-state index in [9.17, 15) is 13.2 Å². The molecule has 0 aliphatic heterocycles. The van der Waals surface area contributed by atoms with Crippen molar-refractivity contribution < 1.29 is 27.6 Å². The lowest BCUT2D eigenvalue weighted by Gasteiger charge is -2.01. The fourth-order valence-corrected chi connectivity index (χ4v) is 1.80. The van der Waals surface area contributed by atoms with Crippen LogP contribution < -0.4 is 0 Å². The Kier molecular flexibility index (Phi) is 7.45. The average Bonchev–Trinajstić information content (AvgIpc) is 2.37. The van der Waals surface area contributed by atoms with E-state index >= 15 is 0 Å². The van der Waals surface area contributed by atoms with Crippen molar-refractivity contribution in [1.29, 1.82) is 0 Å². The van der Waals surface area contributed by atoms with Gasteiger partial charge in [-0.15, -0.1) is 0 Å². The molecule has 0 bridgehead atoms. The van der Waals surface area contributed by atoms with Crippen LogP contribution >= 0.6 is 0 Å². The number of aliphatic hydroxyl groups excluding tert-OH is 1. The molecule has 1 aromatic rings. The normalized spacial score (nSPS) is 11.6. The zero-order valence-electron chi connectivity index (χ0n) is 10.9. The van der Waals surface area contributed by atoms with E-state index < -0.39 is 22.4 Å². The van der Waals surface area contributed by atoms with E-state index in [0.717, 1.165) is 6.08 Å². The van der Waals surface area contributed by atoms with Crippen molar-refractivity contribution in [3.05, 3.63) is 49.1 Å². The van der Waals surface area contributed by atoms with Gasteiger partial charge in [0.05, 0.1) is 0 Å². The molecule has 0 amide bonds. The quantitative estimate of drug-likeness (QED) is 0.379. The first-order chi connectivity index (χ1) is 9.22. The van der Waals surface area contributed by atoms with Crippen LogP contribution in [0.15, 0.2) is 48.4 Å². The number of hydrogen-bond acceptors (Lipinski definition) is 5. The molecule has 0 aromatic heterocycles. The van der Waals surface area contributed by atoms with E-state index in [1.165, 1.54) is 25.1 Å². The highest BCUT2D eigenvalue weighted by molar-refractivity contribution is 7.85. The second-order valence-electron chi connectivity index (χ2n) is 3.46. The van der Waals surface area contributed by atoms with E-state index in [1.54, 1.807) is 12.1 Å².